The number of alkyl halides is 1. The summed E-state index contributed by atoms with van der Waals surface area (Å²) in [5.74, 6) is 0. The summed E-state index contributed by atoms with van der Waals surface area (Å²) in [6.45, 7) is 4.30. The summed E-state index contributed by atoms with van der Waals surface area (Å²) in [5.41, 5.74) is 0.697. The van der Waals surface area contributed by atoms with Gasteiger partial charge in [-0.25, -0.2) is 8.42 Å². The van der Waals surface area contributed by atoms with Gasteiger partial charge in [0.2, 0.25) is 10.0 Å². The maximum Gasteiger partial charge on any atom is 0.243 e. The summed E-state index contributed by atoms with van der Waals surface area (Å²) in [4.78, 5) is 4.56. The van der Waals surface area contributed by atoms with Crippen LogP contribution in [0.25, 0.3) is 10.9 Å². The largest absolute Gasteiger partial charge is 0.256 e. The SMILES string of the molecule is CC(C)N(CCCBr)S(=O)(=O)c1cccc2ncccc12. The van der Waals surface area contributed by atoms with Gasteiger partial charge in [-0.05, 0) is 44.5 Å². The minimum Gasteiger partial charge on any atom is -0.256 e. The van der Waals surface area contributed by atoms with E-state index in [2.05, 4.69) is 20.9 Å². The molecular formula is C15H19BrN2O2S. The van der Waals surface area contributed by atoms with E-state index in [1.54, 1.807) is 34.8 Å². The van der Waals surface area contributed by atoms with Crippen LogP contribution in [-0.2, 0) is 10.0 Å². The molecule has 0 aliphatic rings. The van der Waals surface area contributed by atoms with Crippen LogP contribution in [0.5, 0.6) is 0 Å². The Morgan fingerprint density at radius 3 is 2.67 bits per heavy atom. The highest BCUT2D eigenvalue weighted by Gasteiger charge is 2.28. The minimum atomic E-state index is -3.53. The first kappa shape index (κ1) is 16.4. The first-order valence-corrected chi connectivity index (χ1v) is 9.46. The second-order valence-corrected chi connectivity index (χ2v) is 7.73. The second kappa shape index (κ2) is 6.85. The number of halogens is 1. The van der Waals surface area contributed by atoms with E-state index in [0.717, 1.165) is 11.8 Å². The fourth-order valence-electron chi connectivity index (χ4n) is 2.30. The van der Waals surface area contributed by atoms with Crippen LogP contribution in [0.15, 0.2) is 41.4 Å². The number of hydrogen-bond donors (Lipinski definition) is 0. The number of rotatable bonds is 6. The molecule has 2 aromatic rings. The molecule has 2 rings (SSSR count). The standard InChI is InChI=1S/C15H19BrN2O2S/c1-12(2)18(11-5-9-16)21(19,20)15-8-3-7-14-13(15)6-4-10-17-14/h3-4,6-8,10,12H,5,9,11H2,1-2H3. The molecular weight excluding hydrogens is 352 g/mol. The van der Waals surface area contributed by atoms with Gasteiger partial charge in [-0.2, -0.15) is 4.31 Å². The van der Waals surface area contributed by atoms with E-state index in [9.17, 15) is 8.42 Å². The van der Waals surface area contributed by atoms with E-state index in [-0.39, 0.29) is 6.04 Å². The predicted molar refractivity (Wildman–Crippen MR) is 89.2 cm³/mol. The summed E-state index contributed by atoms with van der Waals surface area (Å²) in [5, 5.41) is 1.45. The molecule has 0 radical (unpaired) electrons. The Kier molecular flexibility index (Phi) is 5.35. The number of hydrogen-bond acceptors (Lipinski definition) is 3. The Balaban J connectivity index is 2.54. The second-order valence-electron chi connectivity index (χ2n) is 5.08. The van der Waals surface area contributed by atoms with E-state index in [4.69, 9.17) is 0 Å². The van der Waals surface area contributed by atoms with Crippen molar-refractivity contribution in [1.82, 2.24) is 9.29 Å². The van der Waals surface area contributed by atoms with Crippen molar-refractivity contribution in [1.29, 1.82) is 0 Å². The summed E-state index contributed by atoms with van der Waals surface area (Å²) in [6, 6.07) is 8.71. The lowest BCUT2D eigenvalue weighted by Crippen LogP contribution is -2.37. The third kappa shape index (κ3) is 3.44. The fourth-order valence-corrected chi connectivity index (χ4v) is 4.43. The molecule has 0 spiro atoms. The smallest absolute Gasteiger partial charge is 0.243 e. The molecule has 0 amide bonds. The topological polar surface area (TPSA) is 50.3 Å². The Morgan fingerprint density at radius 1 is 1.24 bits per heavy atom. The molecule has 1 aromatic carbocycles. The van der Waals surface area contributed by atoms with E-state index < -0.39 is 10.0 Å². The van der Waals surface area contributed by atoms with Gasteiger partial charge < -0.3 is 0 Å². The van der Waals surface area contributed by atoms with Crippen LogP contribution in [0.1, 0.15) is 20.3 Å². The summed E-state index contributed by atoms with van der Waals surface area (Å²) < 4.78 is 27.5. The minimum absolute atomic E-state index is 0.0824. The zero-order valence-electron chi connectivity index (χ0n) is 12.2. The lowest BCUT2D eigenvalue weighted by molar-refractivity contribution is 0.355. The van der Waals surface area contributed by atoms with Gasteiger partial charge in [0.25, 0.3) is 0 Å². The number of nitrogens with zero attached hydrogens (tertiary/aromatic N) is 2. The van der Waals surface area contributed by atoms with Crippen molar-refractivity contribution in [2.24, 2.45) is 0 Å². The molecule has 0 atom stereocenters. The number of aromatic nitrogens is 1. The first-order chi connectivity index (χ1) is 9.98. The van der Waals surface area contributed by atoms with Gasteiger partial charge in [0.15, 0.2) is 0 Å². The average Bonchev–Trinajstić information content (AvgIpc) is 2.46. The van der Waals surface area contributed by atoms with E-state index >= 15 is 0 Å². The van der Waals surface area contributed by atoms with Crippen LogP contribution in [-0.4, -0.2) is 35.6 Å². The Morgan fingerprint density at radius 2 is 2.00 bits per heavy atom. The number of benzene rings is 1. The molecule has 0 unspecified atom stereocenters. The van der Waals surface area contributed by atoms with Crippen molar-refractivity contribution in [2.45, 2.75) is 31.2 Å². The highest BCUT2D eigenvalue weighted by molar-refractivity contribution is 9.09. The van der Waals surface area contributed by atoms with Gasteiger partial charge in [-0.15, -0.1) is 0 Å². The number of sulfonamides is 1. The van der Waals surface area contributed by atoms with Gasteiger partial charge >= 0.3 is 0 Å². The molecule has 0 saturated carbocycles. The van der Waals surface area contributed by atoms with Crippen LogP contribution in [0.3, 0.4) is 0 Å². The zero-order valence-corrected chi connectivity index (χ0v) is 14.6. The molecule has 6 heteroatoms. The van der Waals surface area contributed by atoms with E-state index in [1.165, 1.54) is 0 Å². The van der Waals surface area contributed by atoms with Crippen LogP contribution in [0, 0.1) is 0 Å². The maximum atomic E-state index is 13.0. The zero-order chi connectivity index (χ0) is 15.5. The van der Waals surface area contributed by atoms with Gasteiger partial charge in [0.05, 0.1) is 10.4 Å². The maximum absolute atomic E-state index is 13.0. The molecule has 4 nitrogen and oxygen atoms in total. The lowest BCUT2D eigenvalue weighted by atomic mass is 10.2. The third-order valence-electron chi connectivity index (χ3n) is 3.28. The van der Waals surface area contributed by atoms with Crippen molar-refractivity contribution in [3.05, 3.63) is 36.5 Å². The highest BCUT2D eigenvalue weighted by atomic mass is 79.9. The normalized spacial score (nSPS) is 12.4. The molecule has 0 aliphatic heterocycles. The number of pyridine rings is 1. The van der Waals surface area contributed by atoms with E-state index in [0.29, 0.717) is 22.3 Å². The molecule has 0 fully saturated rings. The summed E-state index contributed by atoms with van der Waals surface area (Å²) >= 11 is 3.36. The molecule has 1 heterocycles. The quantitative estimate of drug-likeness (QED) is 0.732. The monoisotopic (exact) mass is 370 g/mol. The summed E-state index contributed by atoms with van der Waals surface area (Å²) in [7, 11) is -3.53. The molecule has 1 aromatic heterocycles. The van der Waals surface area contributed by atoms with Crippen LogP contribution >= 0.6 is 15.9 Å². The Hall–Kier alpha value is -0.980. The summed E-state index contributed by atoms with van der Waals surface area (Å²) in [6.07, 6.45) is 2.45. The van der Waals surface area contributed by atoms with Crippen molar-refractivity contribution >= 4 is 36.9 Å². The van der Waals surface area contributed by atoms with Gasteiger partial charge in [0.1, 0.15) is 0 Å². The van der Waals surface area contributed by atoms with Crippen molar-refractivity contribution in [2.75, 3.05) is 11.9 Å². The number of fused-ring (bicyclic) bond motifs is 1. The van der Waals surface area contributed by atoms with Crippen molar-refractivity contribution in [3.63, 3.8) is 0 Å². The molecule has 0 aliphatic carbocycles. The van der Waals surface area contributed by atoms with Gasteiger partial charge in [-0.1, -0.05) is 22.0 Å². The first-order valence-electron chi connectivity index (χ1n) is 6.90. The van der Waals surface area contributed by atoms with Crippen LogP contribution in [0.4, 0.5) is 0 Å². The van der Waals surface area contributed by atoms with Crippen LogP contribution < -0.4 is 0 Å². The fraction of sp³-hybridized carbons (Fsp3) is 0.400. The molecule has 0 saturated heterocycles. The Bertz CT molecular complexity index is 711. The lowest BCUT2D eigenvalue weighted by Gasteiger charge is -2.26. The molecule has 21 heavy (non-hydrogen) atoms. The predicted octanol–water partition coefficient (Wildman–Crippen LogP) is 3.42. The molecule has 114 valence electrons. The van der Waals surface area contributed by atoms with Crippen LogP contribution in [0.2, 0.25) is 0 Å². The average molecular weight is 371 g/mol. The van der Waals surface area contributed by atoms with Crippen molar-refractivity contribution < 1.29 is 8.42 Å². The third-order valence-corrected chi connectivity index (χ3v) is 5.97. The Labute approximate surface area is 134 Å². The molecule has 0 bridgehead atoms. The van der Waals surface area contributed by atoms with E-state index in [1.807, 2.05) is 19.9 Å². The van der Waals surface area contributed by atoms with Gasteiger partial charge in [0, 0.05) is 29.5 Å². The molecule has 0 N–H and O–H groups in total. The van der Waals surface area contributed by atoms with Gasteiger partial charge in [-0.3, -0.25) is 4.98 Å². The highest BCUT2D eigenvalue weighted by Crippen LogP contribution is 2.26. The van der Waals surface area contributed by atoms with Crippen molar-refractivity contribution in [3.8, 4) is 0 Å².